The van der Waals surface area contributed by atoms with Crippen molar-refractivity contribution in [3.8, 4) is 0 Å². The molecule has 0 heterocycles. The fourth-order valence-corrected chi connectivity index (χ4v) is 2.76. The zero-order chi connectivity index (χ0) is 22.0. The van der Waals surface area contributed by atoms with E-state index in [4.69, 9.17) is 11.5 Å². The Morgan fingerprint density at radius 2 is 1.59 bits per heavy atom. The van der Waals surface area contributed by atoms with E-state index in [0.29, 0.717) is 12.8 Å². The van der Waals surface area contributed by atoms with E-state index in [9.17, 15) is 24.3 Å². The van der Waals surface area contributed by atoms with Crippen LogP contribution in [0, 0.1) is 5.92 Å². The van der Waals surface area contributed by atoms with Crippen molar-refractivity contribution in [3.63, 3.8) is 0 Å². The van der Waals surface area contributed by atoms with Crippen molar-refractivity contribution in [2.24, 2.45) is 17.4 Å². The van der Waals surface area contributed by atoms with Crippen molar-refractivity contribution < 1.29 is 24.3 Å². The molecule has 7 N–H and O–H groups in total. The standard InChI is InChI=1S/C20H30N4O5/c1-12(2)10-16(19(27)23-15(20(28)29)8-9-17(22)25)24-18(26)14(21)11-13-6-4-3-5-7-13/h3-7,12,14-16H,8-11,21H2,1-2H3,(H2,22,25)(H,23,27)(H,24,26)(H,28,29). The van der Waals surface area contributed by atoms with Gasteiger partial charge in [0.05, 0.1) is 6.04 Å². The number of aliphatic carboxylic acids is 1. The zero-order valence-corrected chi connectivity index (χ0v) is 16.8. The average Bonchev–Trinajstić information content (AvgIpc) is 2.64. The lowest BCUT2D eigenvalue weighted by atomic mass is 10.0. The summed E-state index contributed by atoms with van der Waals surface area (Å²) in [5, 5.41) is 14.2. The van der Waals surface area contributed by atoms with Crippen LogP contribution in [-0.4, -0.2) is 46.9 Å². The van der Waals surface area contributed by atoms with Crippen molar-refractivity contribution in [1.29, 1.82) is 0 Å². The predicted octanol–water partition coefficient (Wildman–Crippen LogP) is -0.0778. The molecule has 1 aromatic carbocycles. The topological polar surface area (TPSA) is 165 Å². The molecule has 0 bridgehead atoms. The van der Waals surface area contributed by atoms with E-state index in [0.717, 1.165) is 5.56 Å². The monoisotopic (exact) mass is 406 g/mol. The Kier molecular flexibility index (Phi) is 9.81. The number of hydrogen-bond acceptors (Lipinski definition) is 5. The zero-order valence-electron chi connectivity index (χ0n) is 16.8. The minimum atomic E-state index is -1.28. The number of rotatable bonds is 12. The Balaban J connectivity index is 2.78. The van der Waals surface area contributed by atoms with Crippen molar-refractivity contribution in [1.82, 2.24) is 10.6 Å². The third kappa shape index (κ3) is 9.20. The van der Waals surface area contributed by atoms with Gasteiger partial charge in [-0.25, -0.2) is 4.79 Å². The minimum absolute atomic E-state index is 0.0605. The highest BCUT2D eigenvalue weighted by Crippen LogP contribution is 2.08. The third-order valence-corrected chi connectivity index (χ3v) is 4.27. The molecule has 0 fully saturated rings. The van der Waals surface area contributed by atoms with Crippen LogP contribution in [0.25, 0.3) is 0 Å². The molecule has 0 saturated carbocycles. The molecule has 0 aromatic heterocycles. The summed E-state index contributed by atoms with van der Waals surface area (Å²) < 4.78 is 0. The summed E-state index contributed by atoms with van der Waals surface area (Å²) in [6.07, 6.45) is 0.295. The number of carboxylic acid groups (broad SMARTS) is 1. The van der Waals surface area contributed by atoms with Gasteiger partial charge in [0, 0.05) is 6.42 Å². The van der Waals surface area contributed by atoms with Crippen LogP contribution in [-0.2, 0) is 25.6 Å². The molecule has 3 unspecified atom stereocenters. The molecule has 1 aromatic rings. The molecule has 29 heavy (non-hydrogen) atoms. The SMILES string of the molecule is CC(C)CC(NC(=O)C(N)Cc1ccccc1)C(=O)NC(CCC(N)=O)C(=O)O. The van der Waals surface area contributed by atoms with E-state index in [-0.39, 0.29) is 18.8 Å². The second-order valence-corrected chi connectivity index (χ2v) is 7.39. The number of carboxylic acids is 1. The van der Waals surface area contributed by atoms with Gasteiger partial charge in [-0.2, -0.15) is 0 Å². The van der Waals surface area contributed by atoms with E-state index in [2.05, 4.69) is 10.6 Å². The lowest BCUT2D eigenvalue weighted by Gasteiger charge is -2.24. The summed E-state index contributed by atoms with van der Waals surface area (Å²) in [5.41, 5.74) is 11.9. The van der Waals surface area contributed by atoms with Crippen molar-refractivity contribution in [2.75, 3.05) is 0 Å². The largest absolute Gasteiger partial charge is 0.480 e. The predicted molar refractivity (Wildman–Crippen MR) is 108 cm³/mol. The third-order valence-electron chi connectivity index (χ3n) is 4.27. The summed E-state index contributed by atoms with van der Waals surface area (Å²) in [5.74, 6) is -3.03. The molecule has 0 aliphatic carbocycles. The van der Waals surface area contributed by atoms with Gasteiger partial charge in [0.25, 0.3) is 0 Å². The van der Waals surface area contributed by atoms with Crippen molar-refractivity contribution in [2.45, 2.75) is 57.7 Å². The van der Waals surface area contributed by atoms with Crippen molar-refractivity contribution >= 4 is 23.7 Å². The normalized spacial score (nSPS) is 13.9. The molecule has 0 saturated heterocycles. The molecular weight excluding hydrogens is 376 g/mol. The molecule has 0 radical (unpaired) electrons. The Morgan fingerprint density at radius 1 is 1.00 bits per heavy atom. The van der Waals surface area contributed by atoms with Gasteiger partial charge in [-0.05, 0) is 30.7 Å². The number of amides is 3. The summed E-state index contributed by atoms with van der Waals surface area (Å²) in [4.78, 5) is 47.4. The van der Waals surface area contributed by atoms with Gasteiger partial charge in [0.2, 0.25) is 17.7 Å². The van der Waals surface area contributed by atoms with E-state index in [1.807, 2.05) is 44.2 Å². The number of carbonyl (C=O) groups excluding carboxylic acids is 3. The highest BCUT2D eigenvalue weighted by molar-refractivity contribution is 5.92. The maximum absolute atomic E-state index is 12.6. The first-order valence-electron chi connectivity index (χ1n) is 9.51. The smallest absolute Gasteiger partial charge is 0.326 e. The Labute approximate surface area is 170 Å². The Hall–Kier alpha value is -2.94. The molecule has 0 spiro atoms. The molecule has 0 aliphatic rings. The number of nitrogens with one attached hydrogen (secondary N) is 2. The van der Waals surface area contributed by atoms with Crippen LogP contribution in [0.2, 0.25) is 0 Å². The van der Waals surface area contributed by atoms with Gasteiger partial charge >= 0.3 is 5.97 Å². The summed E-state index contributed by atoms with van der Waals surface area (Å²) in [6.45, 7) is 3.75. The van der Waals surface area contributed by atoms with Crippen molar-refractivity contribution in [3.05, 3.63) is 35.9 Å². The molecule has 0 aliphatic heterocycles. The number of primary amides is 1. The molecule has 3 atom stereocenters. The summed E-state index contributed by atoms with van der Waals surface area (Å²) in [6, 6.07) is 6.16. The van der Waals surface area contributed by atoms with Crippen LogP contribution >= 0.6 is 0 Å². The van der Waals surface area contributed by atoms with E-state index in [1.165, 1.54) is 0 Å². The van der Waals surface area contributed by atoms with Crippen LogP contribution in [0.5, 0.6) is 0 Å². The van der Waals surface area contributed by atoms with Crippen LogP contribution in [0.3, 0.4) is 0 Å². The van der Waals surface area contributed by atoms with Crippen LogP contribution < -0.4 is 22.1 Å². The molecule has 1 rings (SSSR count). The molecule has 160 valence electrons. The molecule has 9 nitrogen and oxygen atoms in total. The molecule has 3 amide bonds. The van der Waals surface area contributed by atoms with Gasteiger partial charge in [0.15, 0.2) is 0 Å². The van der Waals surface area contributed by atoms with Crippen LogP contribution in [0.15, 0.2) is 30.3 Å². The fraction of sp³-hybridized carbons (Fsp3) is 0.500. The minimum Gasteiger partial charge on any atom is -0.480 e. The second-order valence-electron chi connectivity index (χ2n) is 7.39. The maximum Gasteiger partial charge on any atom is 0.326 e. The Morgan fingerprint density at radius 3 is 2.10 bits per heavy atom. The van der Waals surface area contributed by atoms with E-state index >= 15 is 0 Å². The highest BCUT2D eigenvalue weighted by atomic mass is 16.4. The first-order valence-corrected chi connectivity index (χ1v) is 9.51. The summed E-state index contributed by atoms with van der Waals surface area (Å²) >= 11 is 0. The van der Waals surface area contributed by atoms with Gasteiger partial charge in [0.1, 0.15) is 12.1 Å². The number of nitrogens with two attached hydrogens (primary N) is 2. The van der Waals surface area contributed by atoms with Gasteiger partial charge in [-0.3, -0.25) is 14.4 Å². The second kappa shape index (κ2) is 11.8. The van der Waals surface area contributed by atoms with E-state index in [1.54, 1.807) is 0 Å². The van der Waals surface area contributed by atoms with Gasteiger partial charge in [-0.1, -0.05) is 44.2 Å². The summed E-state index contributed by atoms with van der Waals surface area (Å²) in [7, 11) is 0. The van der Waals surface area contributed by atoms with Crippen LogP contribution in [0.4, 0.5) is 0 Å². The highest BCUT2D eigenvalue weighted by Gasteiger charge is 2.28. The van der Waals surface area contributed by atoms with Gasteiger partial charge in [-0.15, -0.1) is 0 Å². The van der Waals surface area contributed by atoms with Crippen LogP contribution in [0.1, 0.15) is 38.7 Å². The lowest BCUT2D eigenvalue weighted by Crippen LogP contribution is -2.55. The molecule has 9 heteroatoms. The first kappa shape index (κ1) is 24.1. The number of carbonyl (C=O) groups is 4. The number of hydrogen-bond donors (Lipinski definition) is 5. The average molecular weight is 406 g/mol. The quantitative estimate of drug-likeness (QED) is 0.326. The number of benzene rings is 1. The maximum atomic E-state index is 12.6. The molecular formula is C20H30N4O5. The fourth-order valence-electron chi connectivity index (χ4n) is 2.76. The lowest BCUT2D eigenvalue weighted by molar-refractivity contribution is -0.142. The first-order chi connectivity index (χ1) is 13.6. The van der Waals surface area contributed by atoms with E-state index < -0.39 is 41.8 Å². The Bertz CT molecular complexity index is 708. The van der Waals surface area contributed by atoms with Gasteiger partial charge < -0.3 is 27.2 Å².